The molecular weight excluding hydrogens is 230 g/mol. The lowest BCUT2D eigenvalue weighted by molar-refractivity contribution is 0.412. The minimum Gasteiger partial charge on any atom is -0.496 e. The highest BCUT2D eigenvalue weighted by Gasteiger charge is 1.98. The average molecular weight is 236 g/mol. The number of nitriles is 1. The lowest BCUT2D eigenvalue weighted by Gasteiger charge is -2.01. The zero-order valence-corrected chi connectivity index (χ0v) is 8.55. The Morgan fingerprint density at radius 2 is 2.23 bits per heavy atom. The van der Waals surface area contributed by atoms with Gasteiger partial charge in [0.2, 0.25) is 0 Å². The Labute approximate surface area is 85.3 Å². The Hall–Kier alpha value is -1.45. The molecule has 0 amide bonds. The van der Waals surface area contributed by atoms with Crippen molar-refractivity contribution in [2.45, 2.75) is 0 Å². The second-order valence-corrected chi connectivity index (χ2v) is 3.07. The van der Waals surface area contributed by atoms with Crippen LogP contribution in [-0.4, -0.2) is 7.11 Å². The van der Waals surface area contributed by atoms with E-state index in [9.17, 15) is 0 Å². The van der Waals surface area contributed by atoms with Crippen LogP contribution >= 0.6 is 15.9 Å². The maximum Gasteiger partial charge on any atom is 0.152 e. The number of hydrogen-bond donors (Lipinski definition) is 0. The van der Waals surface area contributed by atoms with Crippen LogP contribution < -0.4 is 4.74 Å². The van der Waals surface area contributed by atoms with Gasteiger partial charge in [-0.2, -0.15) is 5.26 Å². The van der Waals surface area contributed by atoms with Gasteiger partial charge in [-0.15, -0.1) is 0 Å². The lowest BCUT2D eigenvalue weighted by Crippen LogP contribution is -1.85. The quantitative estimate of drug-likeness (QED) is 0.701. The molecular formula is C10H6BrNO. The fraction of sp³-hybridized carbons (Fsp3) is 0.100. The summed E-state index contributed by atoms with van der Waals surface area (Å²) in [6.45, 7) is 0. The van der Waals surface area contributed by atoms with Crippen LogP contribution in [0.25, 0.3) is 0 Å². The van der Waals surface area contributed by atoms with E-state index in [1.165, 1.54) is 0 Å². The normalized spacial score (nSPS) is 8.08. The van der Waals surface area contributed by atoms with E-state index < -0.39 is 0 Å². The summed E-state index contributed by atoms with van der Waals surface area (Å²) >= 11 is 3.32. The molecule has 1 aromatic carbocycles. The molecule has 1 aromatic rings. The van der Waals surface area contributed by atoms with Crippen LogP contribution in [0.2, 0.25) is 0 Å². The van der Waals surface area contributed by atoms with Crippen LogP contribution in [0.3, 0.4) is 0 Å². The number of nitrogens with zero attached hydrogens (tertiary/aromatic N) is 1. The minimum absolute atomic E-state index is 0.713. The molecule has 0 radical (unpaired) electrons. The minimum atomic E-state index is 0.713. The molecule has 0 atom stereocenters. The first-order valence-corrected chi connectivity index (χ1v) is 4.31. The number of benzene rings is 1. The molecule has 0 aliphatic rings. The molecule has 0 fully saturated rings. The van der Waals surface area contributed by atoms with Gasteiger partial charge >= 0.3 is 0 Å². The Morgan fingerprint density at radius 1 is 1.46 bits per heavy atom. The lowest BCUT2D eigenvalue weighted by atomic mass is 10.2. The van der Waals surface area contributed by atoms with Crippen molar-refractivity contribution < 1.29 is 4.74 Å². The molecule has 0 bridgehead atoms. The molecule has 1 rings (SSSR count). The molecule has 0 saturated carbocycles. The van der Waals surface area contributed by atoms with E-state index in [1.807, 2.05) is 12.1 Å². The summed E-state index contributed by atoms with van der Waals surface area (Å²) in [5.41, 5.74) is 0.765. The molecule has 0 spiro atoms. The third-order valence-electron chi connectivity index (χ3n) is 1.41. The van der Waals surface area contributed by atoms with Gasteiger partial charge < -0.3 is 4.74 Å². The fourth-order valence-corrected chi connectivity index (χ4v) is 1.25. The van der Waals surface area contributed by atoms with Crippen molar-refractivity contribution >= 4 is 15.9 Å². The van der Waals surface area contributed by atoms with E-state index in [4.69, 9.17) is 10.00 Å². The highest BCUT2D eigenvalue weighted by atomic mass is 79.9. The van der Waals surface area contributed by atoms with Crippen LogP contribution in [0.15, 0.2) is 22.7 Å². The SMILES string of the molecule is COc1cc(C#CC#N)ccc1Br. The van der Waals surface area contributed by atoms with Crippen LogP contribution in [0.4, 0.5) is 0 Å². The van der Waals surface area contributed by atoms with Gasteiger partial charge in [0.1, 0.15) is 5.75 Å². The van der Waals surface area contributed by atoms with Crippen LogP contribution in [0.1, 0.15) is 5.56 Å². The molecule has 0 aromatic heterocycles. The van der Waals surface area contributed by atoms with Crippen molar-refractivity contribution in [3.63, 3.8) is 0 Å². The zero-order valence-electron chi connectivity index (χ0n) is 6.97. The van der Waals surface area contributed by atoms with Crippen molar-refractivity contribution in [3.8, 4) is 23.7 Å². The molecule has 0 N–H and O–H groups in total. The maximum atomic E-state index is 8.24. The van der Waals surface area contributed by atoms with E-state index in [-0.39, 0.29) is 0 Å². The van der Waals surface area contributed by atoms with E-state index in [0.29, 0.717) is 5.75 Å². The molecule has 0 aliphatic carbocycles. The van der Waals surface area contributed by atoms with Crippen molar-refractivity contribution in [2.24, 2.45) is 0 Å². The summed E-state index contributed by atoms with van der Waals surface area (Å²) in [6, 6.07) is 7.18. The van der Waals surface area contributed by atoms with Crippen LogP contribution in [0, 0.1) is 23.2 Å². The van der Waals surface area contributed by atoms with Crippen molar-refractivity contribution in [1.29, 1.82) is 5.26 Å². The van der Waals surface area contributed by atoms with Gasteiger partial charge in [-0.3, -0.25) is 0 Å². The van der Waals surface area contributed by atoms with Crippen LogP contribution in [0.5, 0.6) is 5.75 Å². The fourth-order valence-electron chi connectivity index (χ4n) is 0.838. The molecule has 0 saturated heterocycles. The monoisotopic (exact) mass is 235 g/mol. The number of ether oxygens (including phenoxy) is 1. The Balaban J connectivity index is 3.08. The van der Waals surface area contributed by atoms with Gasteiger partial charge in [-0.05, 0) is 34.1 Å². The zero-order chi connectivity index (χ0) is 9.68. The number of hydrogen-bond acceptors (Lipinski definition) is 2. The molecule has 3 heteroatoms. The van der Waals surface area contributed by atoms with Crippen molar-refractivity contribution in [1.82, 2.24) is 0 Å². The van der Waals surface area contributed by atoms with Gasteiger partial charge in [0, 0.05) is 11.5 Å². The van der Waals surface area contributed by atoms with Crippen LogP contribution in [-0.2, 0) is 0 Å². The molecule has 0 unspecified atom stereocenters. The second-order valence-electron chi connectivity index (χ2n) is 2.21. The summed E-state index contributed by atoms with van der Waals surface area (Å²) in [6.07, 6.45) is 0. The first-order valence-electron chi connectivity index (χ1n) is 3.51. The first kappa shape index (κ1) is 9.64. The van der Waals surface area contributed by atoms with Gasteiger partial charge in [0.15, 0.2) is 6.07 Å². The summed E-state index contributed by atoms with van der Waals surface area (Å²) in [4.78, 5) is 0. The third-order valence-corrected chi connectivity index (χ3v) is 2.07. The van der Waals surface area contributed by atoms with Gasteiger partial charge in [0.25, 0.3) is 0 Å². The van der Waals surface area contributed by atoms with E-state index >= 15 is 0 Å². The van der Waals surface area contributed by atoms with Crippen molar-refractivity contribution in [2.75, 3.05) is 7.11 Å². The third kappa shape index (κ3) is 2.50. The molecule has 13 heavy (non-hydrogen) atoms. The highest BCUT2D eigenvalue weighted by Crippen LogP contribution is 2.24. The smallest absolute Gasteiger partial charge is 0.152 e. The molecule has 64 valence electrons. The van der Waals surface area contributed by atoms with E-state index in [1.54, 1.807) is 19.2 Å². The first-order chi connectivity index (χ1) is 6.27. The number of rotatable bonds is 1. The van der Waals surface area contributed by atoms with Gasteiger partial charge in [-0.1, -0.05) is 5.92 Å². The number of methoxy groups -OCH3 is 1. The summed E-state index contributed by atoms with van der Waals surface area (Å²) in [5, 5.41) is 8.24. The Kier molecular flexibility index (Phi) is 3.37. The summed E-state index contributed by atoms with van der Waals surface area (Å²) in [5.74, 6) is 5.72. The standard InChI is InChI=1S/C10H6BrNO/c1-13-10-7-8(3-2-6-12)4-5-9(10)11/h4-5,7H,1H3. The summed E-state index contributed by atoms with van der Waals surface area (Å²) in [7, 11) is 1.58. The van der Waals surface area contributed by atoms with Gasteiger partial charge in [-0.25, -0.2) is 0 Å². The largest absolute Gasteiger partial charge is 0.496 e. The van der Waals surface area contributed by atoms with E-state index in [2.05, 4.69) is 27.8 Å². The van der Waals surface area contributed by atoms with Crippen molar-refractivity contribution in [3.05, 3.63) is 28.2 Å². The topological polar surface area (TPSA) is 33.0 Å². The predicted octanol–water partition coefficient (Wildman–Crippen LogP) is 2.33. The maximum absolute atomic E-state index is 8.24. The predicted molar refractivity (Wildman–Crippen MR) is 53.2 cm³/mol. The average Bonchev–Trinajstić information content (AvgIpc) is 2.16. The Bertz CT molecular complexity index is 409. The van der Waals surface area contributed by atoms with Gasteiger partial charge in [0.05, 0.1) is 11.6 Å². The Morgan fingerprint density at radius 3 is 2.85 bits per heavy atom. The number of halogens is 1. The highest BCUT2D eigenvalue weighted by molar-refractivity contribution is 9.10. The molecule has 0 aliphatic heterocycles. The summed E-state index contributed by atoms with van der Waals surface area (Å²) < 4.78 is 5.94. The van der Waals surface area contributed by atoms with E-state index in [0.717, 1.165) is 10.0 Å². The second kappa shape index (κ2) is 4.54. The molecule has 0 heterocycles. The molecule has 2 nitrogen and oxygen atoms in total.